The summed E-state index contributed by atoms with van der Waals surface area (Å²) in [7, 11) is 0. The molecule has 1 rings (SSSR count). The summed E-state index contributed by atoms with van der Waals surface area (Å²) >= 11 is 1.96. The summed E-state index contributed by atoms with van der Waals surface area (Å²) in [5.41, 5.74) is 7.39. The lowest BCUT2D eigenvalue weighted by Crippen LogP contribution is -2.32. The van der Waals surface area contributed by atoms with Crippen molar-refractivity contribution in [1.29, 1.82) is 0 Å². The van der Waals surface area contributed by atoms with Gasteiger partial charge in [-0.25, -0.2) is 4.39 Å². The van der Waals surface area contributed by atoms with Crippen molar-refractivity contribution in [3.05, 3.63) is 21.5 Å². The van der Waals surface area contributed by atoms with Gasteiger partial charge in [-0.2, -0.15) is 0 Å². The minimum absolute atomic E-state index is 0.202. The lowest BCUT2D eigenvalue weighted by atomic mass is 10.2. The van der Waals surface area contributed by atoms with Crippen molar-refractivity contribution in [3.8, 4) is 0 Å². The maximum Gasteiger partial charge on any atom is 0.138 e. The van der Waals surface area contributed by atoms with Gasteiger partial charge in [0.2, 0.25) is 0 Å². The smallest absolute Gasteiger partial charge is 0.138 e. The second-order valence-electron chi connectivity index (χ2n) is 4.11. The van der Waals surface area contributed by atoms with E-state index in [1.807, 2.05) is 22.6 Å². The number of hydrogen-bond acceptors (Lipinski definition) is 2. The number of rotatable bonds is 4. The average molecular weight is 336 g/mol. The Hall–Kier alpha value is -0.520. The molecule has 0 spiro atoms. The van der Waals surface area contributed by atoms with E-state index < -0.39 is 0 Å². The van der Waals surface area contributed by atoms with Crippen LogP contribution in [0.2, 0.25) is 0 Å². The van der Waals surface area contributed by atoms with Crippen LogP contribution in [-0.2, 0) is 0 Å². The first-order chi connectivity index (χ1) is 7.47. The van der Waals surface area contributed by atoms with Crippen LogP contribution < -0.4 is 10.6 Å². The topological polar surface area (TPSA) is 29.3 Å². The Morgan fingerprint density at radius 3 is 2.56 bits per heavy atom. The fourth-order valence-electron chi connectivity index (χ4n) is 1.70. The molecule has 2 N–H and O–H groups in total. The van der Waals surface area contributed by atoms with Crippen molar-refractivity contribution >= 4 is 34.0 Å². The van der Waals surface area contributed by atoms with E-state index in [0.29, 0.717) is 15.3 Å². The molecular weight excluding hydrogens is 318 g/mol. The minimum atomic E-state index is -0.202. The quantitative estimate of drug-likeness (QED) is 0.672. The van der Waals surface area contributed by atoms with Gasteiger partial charge in [-0.3, -0.25) is 0 Å². The third-order valence-corrected chi connectivity index (χ3v) is 3.29. The minimum Gasteiger partial charge on any atom is -0.397 e. The highest BCUT2D eigenvalue weighted by Crippen LogP contribution is 2.29. The SMILES string of the molecule is CCCN(c1cc(F)c(I)cc1N)C(C)C. The summed E-state index contributed by atoms with van der Waals surface area (Å²) in [6.07, 6.45) is 1.02. The lowest BCUT2D eigenvalue weighted by Gasteiger charge is -2.30. The van der Waals surface area contributed by atoms with Crippen LogP contribution in [0.25, 0.3) is 0 Å². The largest absolute Gasteiger partial charge is 0.397 e. The zero-order chi connectivity index (χ0) is 12.3. The fraction of sp³-hybridized carbons (Fsp3) is 0.500. The maximum atomic E-state index is 13.5. The molecule has 0 bridgehead atoms. The number of hydrogen-bond donors (Lipinski definition) is 1. The van der Waals surface area contributed by atoms with Crippen LogP contribution in [0, 0.1) is 9.39 Å². The van der Waals surface area contributed by atoms with E-state index in [1.165, 1.54) is 6.07 Å². The standard InChI is InChI=1S/C12H18FIN2/c1-4-5-16(8(2)3)12-6-9(13)10(14)7-11(12)15/h6-8H,4-5,15H2,1-3H3. The Labute approximate surface area is 110 Å². The Bertz CT molecular complexity index is 366. The monoisotopic (exact) mass is 336 g/mol. The van der Waals surface area contributed by atoms with Gasteiger partial charge < -0.3 is 10.6 Å². The van der Waals surface area contributed by atoms with Gasteiger partial charge in [0.05, 0.1) is 14.9 Å². The van der Waals surface area contributed by atoms with Crippen LogP contribution in [-0.4, -0.2) is 12.6 Å². The summed E-state index contributed by atoms with van der Waals surface area (Å²) in [5, 5.41) is 0. The van der Waals surface area contributed by atoms with Crippen LogP contribution in [0.1, 0.15) is 27.2 Å². The zero-order valence-corrected chi connectivity index (χ0v) is 12.1. The summed E-state index contributed by atoms with van der Waals surface area (Å²) in [5.74, 6) is -0.202. The molecule has 0 amide bonds. The Morgan fingerprint density at radius 1 is 1.44 bits per heavy atom. The summed E-state index contributed by atoms with van der Waals surface area (Å²) < 4.78 is 14.1. The first-order valence-corrected chi connectivity index (χ1v) is 6.56. The molecule has 0 aromatic heterocycles. The molecule has 0 aliphatic carbocycles. The maximum absolute atomic E-state index is 13.5. The summed E-state index contributed by atoms with van der Waals surface area (Å²) in [6.45, 7) is 7.17. The van der Waals surface area contributed by atoms with Crippen molar-refractivity contribution in [2.45, 2.75) is 33.2 Å². The first kappa shape index (κ1) is 13.5. The third-order valence-electron chi connectivity index (χ3n) is 2.47. The molecule has 0 heterocycles. The molecule has 0 aliphatic rings. The molecule has 0 atom stereocenters. The molecule has 0 aliphatic heterocycles. The highest BCUT2D eigenvalue weighted by molar-refractivity contribution is 14.1. The third kappa shape index (κ3) is 2.99. The van der Waals surface area contributed by atoms with Gasteiger partial charge in [0.15, 0.2) is 0 Å². The Balaban J connectivity index is 3.13. The second kappa shape index (κ2) is 5.70. The van der Waals surface area contributed by atoms with Crippen molar-refractivity contribution < 1.29 is 4.39 Å². The fourth-order valence-corrected chi connectivity index (χ4v) is 2.19. The van der Waals surface area contributed by atoms with Crippen LogP contribution in [0.3, 0.4) is 0 Å². The van der Waals surface area contributed by atoms with E-state index in [4.69, 9.17) is 5.73 Å². The summed E-state index contributed by atoms with van der Waals surface area (Å²) in [4.78, 5) is 2.13. The van der Waals surface area contributed by atoms with Crippen LogP contribution in [0.4, 0.5) is 15.8 Å². The predicted octanol–water partition coefficient (Wildman–Crippen LogP) is 3.64. The summed E-state index contributed by atoms with van der Waals surface area (Å²) in [6, 6.07) is 3.55. The molecule has 90 valence electrons. The van der Waals surface area contributed by atoms with Crippen molar-refractivity contribution in [1.82, 2.24) is 0 Å². The molecule has 2 nitrogen and oxygen atoms in total. The predicted molar refractivity (Wildman–Crippen MR) is 76.3 cm³/mol. The normalized spacial score (nSPS) is 10.9. The van der Waals surface area contributed by atoms with Crippen LogP contribution >= 0.6 is 22.6 Å². The molecular formula is C12H18FIN2. The molecule has 0 saturated carbocycles. The van der Waals surface area contributed by atoms with E-state index in [2.05, 4.69) is 25.7 Å². The highest BCUT2D eigenvalue weighted by Gasteiger charge is 2.14. The Kier molecular flexibility index (Phi) is 4.83. The second-order valence-corrected chi connectivity index (χ2v) is 5.27. The average Bonchev–Trinajstić information content (AvgIpc) is 2.20. The van der Waals surface area contributed by atoms with E-state index >= 15 is 0 Å². The van der Waals surface area contributed by atoms with Gasteiger partial charge in [-0.15, -0.1) is 0 Å². The van der Waals surface area contributed by atoms with Crippen molar-refractivity contribution in [3.63, 3.8) is 0 Å². The molecule has 0 fully saturated rings. The zero-order valence-electron chi connectivity index (χ0n) is 9.93. The van der Waals surface area contributed by atoms with Gasteiger partial charge in [0.25, 0.3) is 0 Å². The molecule has 0 radical (unpaired) electrons. The van der Waals surface area contributed by atoms with E-state index in [1.54, 1.807) is 6.07 Å². The highest BCUT2D eigenvalue weighted by atomic mass is 127. The van der Waals surface area contributed by atoms with Gasteiger partial charge in [0, 0.05) is 18.7 Å². The molecule has 1 aromatic carbocycles. The van der Waals surface area contributed by atoms with Crippen LogP contribution in [0.5, 0.6) is 0 Å². The van der Waals surface area contributed by atoms with Gasteiger partial charge in [0.1, 0.15) is 5.82 Å². The molecule has 1 aromatic rings. The van der Waals surface area contributed by atoms with Crippen molar-refractivity contribution in [2.75, 3.05) is 17.2 Å². The number of nitrogens with zero attached hydrogens (tertiary/aromatic N) is 1. The van der Waals surface area contributed by atoms with E-state index in [9.17, 15) is 4.39 Å². The van der Waals surface area contributed by atoms with E-state index in [-0.39, 0.29) is 5.82 Å². The molecule has 4 heteroatoms. The van der Waals surface area contributed by atoms with Gasteiger partial charge >= 0.3 is 0 Å². The first-order valence-electron chi connectivity index (χ1n) is 5.48. The lowest BCUT2D eigenvalue weighted by molar-refractivity contribution is 0.615. The number of halogens is 2. The number of anilines is 2. The number of nitrogens with two attached hydrogens (primary N) is 1. The van der Waals surface area contributed by atoms with Gasteiger partial charge in [-0.05, 0) is 48.9 Å². The van der Waals surface area contributed by atoms with Gasteiger partial charge in [-0.1, -0.05) is 6.92 Å². The van der Waals surface area contributed by atoms with Crippen molar-refractivity contribution in [2.24, 2.45) is 0 Å². The molecule has 16 heavy (non-hydrogen) atoms. The number of nitrogen functional groups attached to an aromatic ring is 1. The molecule has 0 unspecified atom stereocenters. The Morgan fingerprint density at radius 2 is 2.06 bits per heavy atom. The van der Waals surface area contributed by atoms with E-state index in [0.717, 1.165) is 18.7 Å². The number of benzene rings is 1. The molecule has 0 saturated heterocycles. The van der Waals surface area contributed by atoms with Crippen LogP contribution in [0.15, 0.2) is 12.1 Å².